The van der Waals surface area contributed by atoms with Crippen molar-refractivity contribution in [1.29, 1.82) is 0 Å². The Kier molecular flexibility index (Phi) is 6.59. The zero-order valence-corrected chi connectivity index (χ0v) is 18.6. The van der Waals surface area contributed by atoms with Crippen LogP contribution in [-0.2, 0) is 0 Å². The first-order chi connectivity index (χ1) is 15.0. The van der Waals surface area contributed by atoms with Gasteiger partial charge >= 0.3 is 0 Å². The van der Waals surface area contributed by atoms with E-state index < -0.39 is 0 Å². The van der Waals surface area contributed by atoms with E-state index in [9.17, 15) is 9.59 Å². The molecule has 5 nitrogen and oxygen atoms in total. The van der Waals surface area contributed by atoms with Gasteiger partial charge in [0.15, 0.2) is 0 Å². The normalized spacial score (nSPS) is 18.8. The third kappa shape index (κ3) is 5.09. The molecule has 2 fully saturated rings. The molecule has 0 bridgehead atoms. The summed E-state index contributed by atoms with van der Waals surface area (Å²) >= 11 is 0. The summed E-state index contributed by atoms with van der Waals surface area (Å²) in [6.45, 7) is 7.92. The van der Waals surface area contributed by atoms with Crippen molar-refractivity contribution < 1.29 is 14.3 Å². The Morgan fingerprint density at radius 1 is 0.839 bits per heavy atom. The molecule has 31 heavy (non-hydrogen) atoms. The summed E-state index contributed by atoms with van der Waals surface area (Å²) in [6, 6.07) is 13.4. The number of ether oxygens (including phenoxy) is 1. The molecule has 1 atom stereocenters. The van der Waals surface area contributed by atoms with E-state index >= 15 is 0 Å². The molecule has 2 aliphatic heterocycles. The topological polar surface area (TPSA) is 49.9 Å². The standard InChI is InChI=1S/C26H32N2O3/c1-19-7-8-23(16-20(19)2)26(30)28-15-5-6-21(17-28)18-31-24-11-9-22(10-12-24)25(29)27-13-3-4-14-27/h7-12,16,21H,3-6,13-15,17-18H2,1-2H3/t21-/m1/s1. The lowest BCUT2D eigenvalue weighted by Gasteiger charge is -2.33. The third-order valence-electron chi connectivity index (χ3n) is 6.54. The van der Waals surface area contributed by atoms with Gasteiger partial charge in [-0.05, 0) is 87.1 Å². The maximum atomic E-state index is 12.9. The second-order valence-electron chi connectivity index (χ2n) is 8.89. The van der Waals surface area contributed by atoms with E-state index in [2.05, 4.69) is 6.92 Å². The molecule has 0 unspecified atom stereocenters. The van der Waals surface area contributed by atoms with Crippen molar-refractivity contribution in [2.75, 3.05) is 32.8 Å². The van der Waals surface area contributed by atoms with E-state index in [1.165, 1.54) is 5.56 Å². The lowest BCUT2D eigenvalue weighted by Crippen LogP contribution is -2.41. The summed E-state index contributed by atoms with van der Waals surface area (Å²) < 4.78 is 6.01. The van der Waals surface area contributed by atoms with Crippen molar-refractivity contribution in [2.24, 2.45) is 5.92 Å². The van der Waals surface area contributed by atoms with Gasteiger partial charge in [0, 0.05) is 43.2 Å². The molecule has 5 heteroatoms. The average Bonchev–Trinajstić information content (AvgIpc) is 3.34. The Hall–Kier alpha value is -2.82. The van der Waals surface area contributed by atoms with Crippen LogP contribution in [-0.4, -0.2) is 54.4 Å². The number of hydrogen-bond donors (Lipinski definition) is 0. The highest BCUT2D eigenvalue weighted by molar-refractivity contribution is 5.95. The fraction of sp³-hybridized carbons (Fsp3) is 0.462. The summed E-state index contributed by atoms with van der Waals surface area (Å²) in [4.78, 5) is 29.3. The summed E-state index contributed by atoms with van der Waals surface area (Å²) in [5, 5.41) is 0. The van der Waals surface area contributed by atoms with Crippen LogP contribution in [0.25, 0.3) is 0 Å². The van der Waals surface area contributed by atoms with Crippen LogP contribution in [0.2, 0.25) is 0 Å². The van der Waals surface area contributed by atoms with Crippen LogP contribution >= 0.6 is 0 Å². The van der Waals surface area contributed by atoms with E-state index in [1.807, 2.05) is 59.2 Å². The van der Waals surface area contributed by atoms with Crippen LogP contribution in [0.5, 0.6) is 5.75 Å². The number of carbonyl (C=O) groups is 2. The van der Waals surface area contributed by atoms with Gasteiger partial charge in [-0.15, -0.1) is 0 Å². The highest BCUT2D eigenvalue weighted by Crippen LogP contribution is 2.22. The molecule has 2 aromatic rings. The summed E-state index contributed by atoms with van der Waals surface area (Å²) in [5.74, 6) is 1.31. The first-order valence-electron chi connectivity index (χ1n) is 11.4. The number of nitrogens with zero attached hydrogens (tertiary/aromatic N) is 2. The fourth-order valence-corrected chi connectivity index (χ4v) is 4.45. The van der Waals surface area contributed by atoms with Gasteiger partial charge in [0.2, 0.25) is 0 Å². The minimum atomic E-state index is 0.108. The lowest BCUT2D eigenvalue weighted by molar-refractivity contribution is 0.0633. The van der Waals surface area contributed by atoms with Gasteiger partial charge in [0.05, 0.1) is 6.61 Å². The van der Waals surface area contributed by atoms with Crippen molar-refractivity contribution in [3.63, 3.8) is 0 Å². The van der Waals surface area contributed by atoms with Gasteiger partial charge in [-0.25, -0.2) is 0 Å². The number of rotatable bonds is 5. The SMILES string of the molecule is Cc1ccc(C(=O)N2CCC[C@@H](COc3ccc(C(=O)N4CCCC4)cc3)C2)cc1C. The maximum Gasteiger partial charge on any atom is 0.253 e. The van der Waals surface area contributed by atoms with E-state index in [0.29, 0.717) is 12.5 Å². The van der Waals surface area contributed by atoms with Gasteiger partial charge in [-0.2, -0.15) is 0 Å². The van der Waals surface area contributed by atoms with Gasteiger partial charge in [-0.3, -0.25) is 9.59 Å². The molecule has 2 aliphatic rings. The van der Waals surface area contributed by atoms with Gasteiger partial charge < -0.3 is 14.5 Å². The molecule has 0 aliphatic carbocycles. The monoisotopic (exact) mass is 420 g/mol. The maximum absolute atomic E-state index is 12.9. The molecule has 0 spiro atoms. The van der Waals surface area contributed by atoms with Gasteiger partial charge in [0.1, 0.15) is 5.75 Å². The highest BCUT2D eigenvalue weighted by atomic mass is 16.5. The Morgan fingerprint density at radius 2 is 1.48 bits per heavy atom. The predicted molar refractivity (Wildman–Crippen MR) is 122 cm³/mol. The Morgan fingerprint density at radius 3 is 2.19 bits per heavy atom. The lowest BCUT2D eigenvalue weighted by atomic mass is 9.97. The minimum absolute atomic E-state index is 0.108. The second kappa shape index (κ2) is 9.54. The predicted octanol–water partition coefficient (Wildman–Crippen LogP) is 4.47. The summed E-state index contributed by atoms with van der Waals surface area (Å²) in [7, 11) is 0. The van der Waals surface area contributed by atoms with E-state index in [4.69, 9.17) is 4.74 Å². The number of aryl methyl sites for hydroxylation is 2. The molecule has 2 saturated heterocycles. The Balaban J connectivity index is 1.31. The minimum Gasteiger partial charge on any atom is -0.493 e. The van der Waals surface area contributed by atoms with Crippen LogP contribution in [0.1, 0.15) is 57.5 Å². The first-order valence-corrected chi connectivity index (χ1v) is 11.4. The zero-order chi connectivity index (χ0) is 21.8. The second-order valence-corrected chi connectivity index (χ2v) is 8.89. The number of likely N-dealkylation sites (tertiary alicyclic amines) is 2. The van der Waals surface area contributed by atoms with Crippen molar-refractivity contribution in [3.8, 4) is 5.75 Å². The van der Waals surface area contributed by atoms with Crippen LogP contribution in [0, 0.1) is 19.8 Å². The molecule has 0 saturated carbocycles. The quantitative estimate of drug-likeness (QED) is 0.717. The van der Waals surface area contributed by atoms with E-state index in [0.717, 1.165) is 74.3 Å². The third-order valence-corrected chi connectivity index (χ3v) is 6.54. The largest absolute Gasteiger partial charge is 0.493 e. The molecule has 2 heterocycles. The van der Waals surface area contributed by atoms with Crippen molar-refractivity contribution in [3.05, 3.63) is 64.7 Å². The van der Waals surface area contributed by atoms with Gasteiger partial charge in [0.25, 0.3) is 11.8 Å². The van der Waals surface area contributed by atoms with E-state index in [-0.39, 0.29) is 11.8 Å². The van der Waals surface area contributed by atoms with Crippen LogP contribution in [0.4, 0.5) is 0 Å². The van der Waals surface area contributed by atoms with Crippen molar-refractivity contribution in [2.45, 2.75) is 39.5 Å². The molecule has 4 rings (SSSR count). The van der Waals surface area contributed by atoms with Crippen LogP contribution in [0.3, 0.4) is 0 Å². The number of piperidine rings is 1. The fourth-order valence-electron chi connectivity index (χ4n) is 4.45. The smallest absolute Gasteiger partial charge is 0.253 e. The summed E-state index contributed by atoms with van der Waals surface area (Å²) in [6.07, 6.45) is 4.24. The number of carbonyl (C=O) groups excluding carboxylic acids is 2. The molecule has 2 amide bonds. The molecule has 0 aromatic heterocycles. The number of hydrogen-bond acceptors (Lipinski definition) is 3. The Bertz CT molecular complexity index is 932. The molecule has 0 radical (unpaired) electrons. The molecule has 164 valence electrons. The molecule has 0 N–H and O–H groups in total. The van der Waals surface area contributed by atoms with Crippen molar-refractivity contribution >= 4 is 11.8 Å². The first kappa shape index (κ1) is 21.4. The highest BCUT2D eigenvalue weighted by Gasteiger charge is 2.25. The molecular formula is C26H32N2O3. The Labute approximate surface area is 185 Å². The number of benzene rings is 2. The van der Waals surface area contributed by atoms with E-state index in [1.54, 1.807) is 0 Å². The average molecular weight is 421 g/mol. The van der Waals surface area contributed by atoms with Crippen LogP contribution in [0.15, 0.2) is 42.5 Å². The molecule has 2 aromatic carbocycles. The zero-order valence-electron chi connectivity index (χ0n) is 18.6. The van der Waals surface area contributed by atoms with Crippen LogP contribution < -0.4 is 4.74 Å². The summed E-state index contributed by atoms with van der Waals surface area (Å²) in [5.41, 5.74) is 3.84. The number of amides is 2. The van der Waals surface area contributed by atoms with Gasteiger partial charge in [-0.1, -0.05) is 6.07 Å². The molecular weight excluding hydrogens is 388 g/mol. The van der Waals surface area contributed by atoms with Crippen molar-refractivity contribution in [1.82, 2.24) is 9.80 Å².